The van der Waals surface area contributed by atoms with E-state index < -0.39 is 0 Å². The third-order valence-electron chi connectivity index (χ3n) is 5.27. The molecule has 2 fully saturated rings. The van der Waals surface area contributed by atoms with Crippen LogP contribution in [0.2, 0.25) is 0 Å². The number of nitrogens with zero attached hydrogens (tertiary/aromatic N) is 1. The Balaban J connectivity index is 1.95. The topological polar surface area (TPSA) is 43.7 Å². The summed E-state index contributed by atoms with van der Waals surface area (Å²) in [6.45, 7) is 9.03. The lowest BCUT2D eigenvalue weighted by Crippen LogP contribution is -2.55. The molecule has 18 heavy (non-hydrogen) atoms. The van der Waals surface area contributed by atoms with Crippen LogP contribution in [0.5, 0.6) is 0 Å². The van der Waals surface area contributed by atoms with Crippen molar-refractivity contribution in [3.63, 3.8) is 0 Å². The van der Waals surface area contributed by atoms with E-state index in [2.05, 4.69) is 18.7 Å². The van der Waals surface area contributed by atoms with Crippen molar-refractivity contribution in [1.82, 2.24) is 4.90 Å². The van der Waals surface area contributed by atoms with Gasteiger partial charge in [0.25, 0.3) is 0 Å². The molecule has 106 valence electrons. The Morgan fingerprint density at radius 3 is 2.72 bits per heavy atom. The first-order valence-corrected chi connectivity index (χ1v) is 7.46. The van der Waals surface area contributed by atoms with Gasteiger partial charge in [-0.2, -0.15) is 0 Å². The molecule has 3 nitrogen and oxygen atoms in total. The summed E-state index contributed by atoms with van der Waals surface area (Å²) in [4.78, 5) is 2.44. The standard InChI is InChI=1S/C15H29NO2/c1-12(17)14(2,3)11-16-9-8-15(18)7-5-4-6-13(15)10-16/h12-13,17-18H,4-11H2,1-3H3. The van der Waals surface area contributed by atoms with Crippen LogP contribution in [-0.2, 0) is 0 Å². The van der Waals surface area contributed by atoms with E-state index in [1.54, 1.807) is 0 Å². The van der Waals surface area contributed by atoms with Crippen LogP contribution in [0.3, 0.4) is 0 Å². The number of hydrogen-bond donors (Lipinski definition) is 2. The number of aliphatic hydroxyl groups excluding tert-OH is 1. The molecule has 3 unspecified atom stereocenters. The Kier molecular flexibility index (Phi) is 4.05. The summed E-state index contributed by atoms with van der Waals surface area (Å²) in [6.07, 6.45) is 5.23. The third kappa shape index (κ3) is 2.89. The lowest BCUT2D eigenvalue weighted by molar-refractivity contribution is -0.104. The Morgan fingerprint density at radius 2 is 2.06 bits per heavy atom. The van der Waals surface area contributed by atoms with Gasteiger partial charge in [-0.1, -0.05) is 26.7 Å². The zero-order valence-electron chi connectivity index (χ0n) is 12.2. The molecule has 2 aliphatic rings. The number of fused-ring (bicyclic) bond motifs is 1. The smallest absolute Gasteiger partial charge is 0.0700 e. The first-order chi connectivity index (χ1) is 8.33. The van der Waals surface area contributed by atoms with Gasteiger partial charge in [0.1, 0.15) is 0 Å². The van der Waals surface area contributed by atoms with Crippen molar-refractivity contribution < 1.29 is 10.2 Å². The molecule has 0 aromatic carbocycles. The van der Waals surface area contributed by atoms with Crippen molar-refractivity contribution in [2.75, 3.05) is 19.6 Å². The molecule has 2 rings (SSSR count). The number of hydrogen-bond acceptors (Lipinski definition) is 3. The summed E-state index contributed by atoms with van der Waals surface area (Å²) in [7, 11) is 0. The minimum absolute atomic E-state index is 0.0654. The van der Waals surface area contributed by atoms with E-state index in [9.17, 15) is 10.2 Å². The lowest BCUT2D eigenvalue weighted by atomic mass is 9.71. The van der Waals surface area contributed by atoms with E-state index in [0.717, 1.165) is 32.5 Å². The predicted octanol–water partition coefficient (Wildman–Crippen LogP) is 2.02. The minimum Gasteiger partial charge on any atom is -0.393 e. The summed E-state index contributed by atoms with van der Waals surface area (Å²) in [5.41, 5.74) is -0.451. The van der Waals surface area contributed by atoms with Crippen LogP contribution in [0, 0.1) is 11.3 Å². The van der Waals surface area contributed by atoms with Crippen LogP contribution in [0.4, 0.5) is 0 Å². The van der Waals surface area contributed by atoms with Crippen LogP contribution in [-0.4, -0.2) is 46.5 Å². The lowest BCUT2D eigenvalue weighted by Gasteiger charge is -2.49. The highest BCUT2D eigenvalue weighted by atomic mass is 16.3. The van der Waals surface area contributed by atoms with Gasteiger partial charge in [-0.3, -0.25) is 0 Å². The Bertz CT molecular complexity index is 290. The summed E-state index contributed by atoms with van der Waals surface area (Å²) in [5.74, 6) is 0.449. The highest BCUT2D eigenvalue weighted by Crippen LogP contribution is 2.40. The fourth-order valence-electron chi connectivity index (χ4n) is 3.49. The first-order valence-electron chi connectivity index (χ1n) is 7.46. The van der Waals surface area contributed by atoms with Gasteiger partial charge in [-0.05, 0) is 26.2 Å². The normalized spacial score (nSPS) is 36.2. The molecule has 1 saturated heterocycles. The second kappa shape index (κ2) is 5.10. The largest absolute Gasteiger partial charge is 0.393 e. The fourth-order valence-corrected chi connectivity index (χ4v) is 3.49. The molecular weight excluding hydrogens is 226 g/mol. The van der Waals surface area contributed by atoms with Gasteiger partial charge in [0, 0.05) is 31.0 Å². The molecule has 0 aromatic heterocycles. The zero-order valence-corrected chi connectivity index (χ0v) is 12.2. The number of rotatable bonds is 3. The summed E-state index contributed by atoms with van der Waals surface area (Å²) < 4.78 is 0. The molecule has 1 saturated carbocycles. The summed E-state index contributed by atoms with van der Waals surface area (Å²) in [5, 5.41) is 20.5. The van der Waals surface area contributed by atoms with Gasteiger partial charge in [-0.15, -0.1) is 0 Å². The summed E-state index contributed by atoms with van der Waals surface area (Å²) >= 11 is 0. The van der Waals surface area contributed by atoms with Crippen molar-refractivity contribution >= 4 is 0 Å². The first kappa shape index (κ1) is 14.3. The van der Waals surface area contributed by atoms with Crippen LogP contribution in [0.25, 0.3) is 0 Å². The highest BCUT2D eigenvalue weighted by molar-refractivity contribution is 4.96. The molecule has 0 aromatic rings. The van der Waals surface area contributed by atoms with Crippen LogP contribution in [0.1, 0.15) is 52.9 Å². The molecular formula is C15H29NO2. The quantitative estimate of drug-likeness (QED) is 0.811. The fraction of sp³-hybridized carbons (Fsp3) is 1.00. The SMILES string of the molecule is CC(O)C(C)(C)CN1CCC2(O)CCCCC2C1. The summed E-state index contributed by atoms with van der Waals surface area (Å²) in [6, 6.07) is 0. The van der Waals surface area contributed by atoms with Crippen molar-refractivity contribution in [2.45, 2.75) is 64.6 Å². The minimum atomic E-state index is -0.385. The number of likely N-dealkylation sites (tertiary alicyclic amines) is 1. The highest BCUT2D eigenvalue weighted by Gasteiger charge is 2.43. The van der Waals surface area contributed by atoms with E-state index in [4.69, 9.17) is 0 Å². The van der Waals surface area contributed by atoms with Crippen molar-refractivity contribution in [1.29, 1.82) is 0 Å². The van der Waals surface area contributed by atoms with E-state index in [1.807, 2.05) is 6.92 Å². The van der Waals surface area contributed by atoms with E-state index in [-0.39, 0.29) is 17.1 Å². The number of aliphatic hydroxyl groups is 2. The number of piperidine rings is 1. The van der Waals surface area contributed by atoms with Crippen LogP contribution >= 0.6 is 0 Å². The zero-order chi connectivity index (χ0) is 13.4. The van der Waals surface area contributed by atoms with Crippen LogP contribution in [0.15, 0.2) is 0 Å². The van der Waals surface area contributed by atoms with Crippen molar-refractivity contribution in [3.8, 4) is 0 Å². The average molecular weight is 255 g/mol. The third-order valence-corrected chi connectivity index (χ3v) is 5.27. The average Bonchev–Trinajstić information content (AvgIpc) is 2.29. The van der Waals surface area contributed by atoms with Gasteiger partial charge < -0.3 is 15.1 Å². The Hall–Kier alpha value is -0.120. The van der Waals surface area contributed by atoms with Gasteiger partial charge in [0.05, 0.1) is 11.7 Å². The molecule has 1 aliphatic carbocycles. The maximum atomic E-state index is 10.6. The second-order valence-electron chi connectivity index (χ2n) is 7.20. The molecule has 0 radical (unpaired) electrons. The molecule has 1 aliphatic heterocycles. The van der Waals surface area contributed by atoms with E-state index in [0.29, 0.717) is 5.92 Å². The van der Waals surface area contributed by atoms with Gasteiger partial charge in [0.2, 0.25) is 0 Å². The van der Waals surface area contributed by atoms with Gasteiger partial charge in [0.15, 0.2) is 0 Å². The molecule has 2 N–H and O–H groups in total. The molecule has 3 heteroatoms. The predicted molar refractivity (Wildman–Crippen MR) is 73.4 cm³/mol. The molecule has 3 atom stereocenters. The maximum Gasteiger partial charge on any atom is 0.0700 e. The van der Waals surface area contributed by atoms with E-state index in [1.165, 1.54) is 19.3 Å². The Morgan fingerprint density at radius 1 is 1.33 bits per heavy atom. The molecule has 1 heterocycles. The van der Waals surface area contributed by atoms with Crippen molar-refractivity contribution in [3.05, 3.63) is 0 Å². The Labute approximate surface area is 111 Å². The van der Waals surface area contributed by atoms with Crippen LogP contribution < -0.4 is 0 Å². The van der Waals surface area contributed by atoms with Gasteiger partial charge >= 0.3 is 0 Å². The maximum absolute atomic E-state index is 10.6. The van der Waals surface area contributed by atoms with E-state index >= 15 is 0 Å². The second-order valence-corrected chi connectivity index (χ2v) is 7.20. The molecule has 0 bridgehead atoms. The van der Waals surface area contributed by atoms with Gasteiger partial charge in [-0.25, -0.2) is 0 Å². The van der Waals surface area contributed by atoms with Crippen molar-refractivity contribution in [2.24, 2.45) is 11.3 Å². The molecule has 0 spiro atoms. The molecule has 0 amide bonds. The monoisotopic (exact) mass is 255 g/mol.